The summed E-state index contributed by atoms with van der Waals surface area (Å²) < 4.78 is 0. The van der Waals surface area contributed by atoms with Crippen LogP contribution in [0.4, 0.5) is 4.79 Å². The van der Waals surface area contributed by atoms with Crippen molar-refractivity contribution >= 4 is 17.9 Å². The average Bonchev–Trinajstić information content (AvgIpc) is 2.28. The van der Waals surface area contributed by atoms with Gasteiger partial charge in [0.05, 0.1) is 0 Å². The van der Waals surface area contributed by atoms with Crippen molar-refractivity contribution in [1.82, 2.24) is 10.2 Å². The van der Waals surface area contributed by atoms with E-state index in [4.69, 9.17) is 10.8 Å². The molecule has 0 aliphatic carbocycles. The number of primary amides is 1. The number of nitrogens with two attached hydrogens (primary N) is 1. The number of aliphatic carboxylic acids is 1. The molecule has 0 saturated heterocycles. The predicted octanol–water partition coefficient (Wildman–Crippen LogP) is 0.701. The number of hydrogen-bond acceptors (Lipinski definition) is 3. The van der Waals surface area contributed by atoms with Gasteiger partial charge in [0.15, 0.2) is 0 Å². The van der Waals surface area contributed by atoms with Gasteiger partial charge in [0.2, 0.25) is 5.91 Å². The average molecular weight is 285 g/mol. The maximum atomic E-state index is 12.1. The summed E-state index contributed by atoms with van der Waals surface area (Å²) in [4.78, 5) is 35.4. The highest BCUT2D eigenvalue weighted by Gasteiger charge is 2.29. The number of nitrogens with zero attached hydrogens (tertiary/aromatic N) is 1. The number of carboxylic acids is 1. The zero-order chi connectivity index (χ0) is 15.9. The molecule has 0 saturated carbocycles. The minimum Gasteiger partial charge on any atom is -0.480 e. The standard InChI is InChI=1S/C13H23N3O4/c1-5-8-16(13(2,3)4)12(20)15-9(11(18)19)6-7-10(14)17/h5,9H,1,6-8H2,2-4H3,(H2,14,17)(H,15,20)(H,18,19)/t9-/m1/s1. The molecule has 0 spiro atoms. The number of carbonyl (C=O) groups excluding carboxylic acids is 2. The van der Waals surface area contributed by atoms with Gasteiger partial charge in [0.25, 0.3) is 0 Å². The highest BCUT2D eigenvalue weighted by atomic mass is 16.4. The molecule has 4 N–H and O–H groups in total. The second kappa shape index (κ2) is 7.52. The molecule has 0 aliphatic rings. The molecule has 20 heavy (non-hydrogen) atoms. The summed E-state index contributed by atoms with van der Waals surface area (Å²) in [6.45, 7) is 9.35. The number of carboxylic acid groups (broad SMARTS) is 1. The normalized spacial score (nSPS) is 12.3. The van der Waals surface area contributed by atoms with Crippen molar-refractivity contribution in [3.63, 3.8) is 0 Å². The lowest BCUT2D eigenvalue weighted by Gasteiger charge is -2.35. The smallest absolute Gasteiger partial charge is 0.326 e. The molecule has 0 bridgehead atoms. The summed E-state index contributed by atoms with van der Waals surface area (Å²) in [5, 5.41) is 11.4. The Morgan fingerprint density at radius 2 is 1.95 bits per heavy atom. The lowest BCUT2D eigenvalue weighted by atomic mass is 10.1. The van der Waals surface area contributed by atoms with Crippen LogP contribution in [0.2, 0.25) is 0 Å². The van der Waals surface area contributed by atoms with Crippen molar-refractivity contribution < 1.29 is 19.5 Å². The minimum atomic E-state index is -1.20. The molecular formula is C13H23N3O4. The van der Waals surface area contributed by atoms with Crippen LogP contribution in [-0.2, 0) is 9.59 Å². The Kier molecular flexibility index (Phi) is 6.75. The maximum absolute atomic E-state index is 12.1. The van der Waals surface area contributed by atoms with Crippen molar-refractivity contribution in [2.75, 3.05) is 6.54 Å². The van der Waals surface area contributed by atoms with Crippen LogP contribution in [0.5, 0.6) is 0 Å². The highest BCUT2D eigenvalue weighted by Crippen LogP contribution is 2.13. The van der Waals surface area contributed by atoms with Crippen LogP contribution in [0.1, 0.15) is 33.6 Å². The molecule has 0 rings (SSSR count). The van der Waals surface area contributed by atoms with Gasteiger partial charge in [-0.2, -0.15) is 0 Å². The van der Waals surface area contributed by atoms with Crippen molar-refractivity contribution in [2.24, 2.45) is 5.73 Å². The van der Waals surface area contributed by atoms with E-state index in [0.717, 1.165) is 0 Å². The molecule has 7 nitrogen and oxygen atoms in total. The first-order chi connectivity index (χ1) is 9.09. The van der Waals surface area contributed by atoms with Crippen molar-refractivity contribution in [3.05, 3.63) is 12.7 Å². The van der Waals surface area contributed by atoms with Gasteiger partial charge < -0.3 is 21.1 Å². The molecule has 0 aromatic rings. The van der Waals surface area contributed by atoms with Gasteiger partial charge in [0, 0.05) is 18.5 Å². The Labute approximate surface area is 118 Å². The Hall–Kier alpha value is -2.05. The molecule has 0 heterocycles. The Balaban J connectivity index is 4.83. The fourth-order valence-corrected chi connectivity index (χ4v) is 1.56. The molecule has 0 unspecified atom stereocenters. The monoisotopic (exact) mass is 285 g/mol. The number of rotatable bonds is 7. The SMILES string of the molecule is C=CCN(C(=O)N[C@H](CCC(N)=O)C(=O)O)C(C)(C)C. The zero-order valence-corrected chi connectivity index (χ0v) is 12.2. The van der Waals surface area contributed by atoms with Gasteiger partial charge in [-0.1, -0.05) is 6.08 Å². The number of hydrogen-bond donors (Lipinski definition) is 3. The number of nitrogens with one attached hydrogen (secondary N) is 1. The summed E-state index contributed by atoms with van der Waals surface area (Å²) in [6, 6.07) is -1.67. The van der Waals surface area contributed by atoms with Gasteiger partial charge in [-0.05, 0) is 27.2 Å². The van der Waals surface area contributed by atoms with Gasteiger partial charge in [-0.15, -0.1) is 6.58 Å². The number of urea groups is 1. The molecule has 7 heteroatoms. The summed E-state index contributed by atoms with van der Waals surface area (Å²) in [5.41, 5.74) is 4.50. The molecule has 1 atom stereocenters. The fourth-order valence-electron chi connectivity index (χ4n) is 1.56. The van der Waals surface area contributed by atoms with Crippen LogP contribution in [0, 0.1) is 0 Å². The van der Waals surface area contributed by atoms with Gasteiger partial charge in [-0.25, -0.2) is 9.59 Å². The molecule has 0 aromatic carbocycles. The highest BCUT2D eigenvalue weighted by molar-refractivity contribution is 5.83. The quantitative estimate of drug-likeness (QED) is 0.597. The first-order valence-electron chi connectivity index (χ1n) is 6.29. The molecule has 0 fully saturated rings. The summed E-state index contributed by atoms with van der Waals surface area (Å²) in [7, 11) is 0. The van der Waals surface area contributed by atoms with Crippen LogP contribution >= 0.6 is 0 Å². The Morgan fingerprint density at radius 1 is 1.40 bits per heavy atom. The molecule has 3 amide bonds. The fraction of sp³-hybridized carbons (Fsp3) is 0.615. The topological polar surface area (TPSA) is 113 Å². The van der Waals surface area contributed by atoms with E-state index in [1.807, 2.05) is 20.8 Å². The van der Waals surface area contributed by atoms with Crippen LogP contribution in [0.25, 0.3) is 0 Å². The van der Waals surface area contributed by atoms with Crippen LogP contribution in [-0.4, -0.2) is 46.0 Å². The lowest BCUT2D eigenvalue weighted by molar-refractivity contribution is -0.139. The van der Waals surface area contributed by atoms with E-state index >= 15 is 0 Å². The van der Waals surface area contributed by atoms with E-state index in [-0.39, 0.29) is 19.4 Å². The minimum absolute atomic E-state index is 0.0392. The van der Waals surface area contributed by atoms with E-state index in [1.165, 1.54) is 4.90 Å². The predicted molar refractivity (Wildman–Crippen MR) is 75.0 cm³/mol. The van der Waals surface area contributed by atoms with Gasteiger partial charge in [0.1, 0.15) is 6.04 Å². The van der Waals surface area contributed by atoms with Crippen LogP contribution in [0.15, 0.2) is 12.7 Å². The van der Waals surface area contributed by atoms with E-state index in [0.29, 0.717) is 0 Å². The molecule has 0 aromatic heterocycles. The molecule has 114 valence electrons. The Morgan fingerprint density at radius 3 is 2.30 bits per heavy atom. The van der Waals surface area contributed by atoms with Crippen LogP contribution in [0.3, 0.4) is 0 Å². The number of amides is 3. The lowest BCUT2D eigenvalue weighted by Crippen LogP contribution is -2.54. The van der Waals surface area contributed by atoms with Crippen molar-refractivity contribution in [1.29, 1.82) is 0 Å². The third-order valence-corrected chi connectivity index (χ3v) is 2.64. The first-order valence-corrected chi connectivity index (χ1v) is 6.29. The second-order valence-corrected chi connectivity index (χ2v) is 5.42. The van der Waals surface area contributed by atoms with E-state index in [9.17, 15) is 14.4 Å². The summed E-state index contributed by atoms with van der Waals surface area (Å²) in [5.74, 6) is -1.81. The van der Waals surface area contributed by atoms with E-state index in [2.05, 4.69) is 11.9 Å². The molecule has 0 radical (unpaired) electrons. The third kappa shape index (κ3) is 6.21. The maximum Gasteiger partial charge on any atom is 0.326 e. The first kappa shape index (κ1) is 17.9. The van der Waals surface area contributed by atoms with E-state index in [1.54, 1.807) is 6.08 Å². The van der Waals surface area contributed by atoms with E-state index < -0.39 is 29.5 Å². The van der Waals surface area contributed by atoms with Crippen molar-refractivity contribution in [3.8, 4) is 0 Å². The Bertz CT molecular complexity index is 388. The van der Waals surface area contributed by atoms with Gasteiger partial charge in [-0.3, -0.25) is 4.79 Å². The number of carbonyl (C=O) groups is 3. The summed E-state index contributed by atoms with van der Waals surface area (Å²) in [6.07, 6.45) is 1.42. The van der Waals surface area contributed by atoms with Gasteiger partial charge >= 0.3 is 12.0 Å². The third-order valence-electron chi connectivity index (χ3n) is 2.64. The molecule has 0 aliphatic heterocycles. The molecular weight excluding hydrogens is 262 g/mol. The summed E-state index contributed by atoms with van der Waals surface area (Å²) >= 11 is 0. The zero-order valence-electron chi connectivity index (χ0n) is 12.2. The second-order valence-electron chi connectivity index (χ2n) is 5.42. The van der Waals surface area contributed by atoms with Crippen molar-refractivity contribution in [2.45, 2.75) is 45.2 Å². The van der Waals surface area contributed by atoms with Crippen LogP contribution < -0.4 is 11.1 Å². The largest absolute Gasteiger partial charge is 0.480 e.